The van der Waals surface area contributed by atoms with Gasteiger partial charge in [-0.2, -0.15) is 4.31 Å². The number of nitrogens with one attached hydrogen (secondary N) is 1. The topological polar surface area (TPSA) is 75.7 Å². The summed E-state index contributed by atoms with van der Waals surface area (Å²) >= 11 is 1.19. The molecule has 0 atom stereocenters. The number of ether oxygens (including phenoxy) is 1. The summed E-state index contributed by atoms with van der Waals surface area (Å²) in [5.74, 6) is -0.830. The molecule has 1 N–H and O–H groups in total. The summed E-state index contributed by atoms with van der Waals surface area (Å²) in [6.45, 7) is 2.90. The molecule has 1 aliphatic rings. The van der Waals surface area contributed by atoms with E-state index in [0.717, 1.165) is 24.8 Å². The number of hydrogen-bond donors (Lipinski definition) is 1. The summed E-state index contributed by atoms with van der Waals surface area (Å²) in [6.07, 6.45) is 2.72. The quantitative estimate of drug-likeness (QED) is 0.548. The van der Waals surface area contributed by atoms with Gasteiger partial charge in [0.15, 0.2) is 0 Å². The first kappa shape index (κ1) is 22.8. The molecule has 0 radical (unpaired) electrons. The standard InChI is InChI=1S/C23H25FN2O4S2/c1-15-9-10-16(32(28,29)26-11-4-3-5-12-26)13-19(15)25-23(27)22-17(14-30-2)21-18(24)7-6-8-20(21)31-22/h6-10,13H,3-5,11-12,14H2,1-2H3,(H,25,27). The number of fused-ring (bicyclic) bond motifs is 1. The minimum absolute atomic E-state index is 0.0893. The predicted octanol–water partition coefficient (Wildman–Crippen LogP) is 4.92. The van der Waals surface area contributed by atoms with Crippen LogP contribution in [-0.2, 0) is 21.4 Å². The van der Waals surface area contributed by atoms with Gasteiger partial charge in [0, 0.05) is 41.5 Å². The van der Waals surface area contributed by atoms with Gasteiger partial charge >= 0.3 is 0 Å². The van der Waals surface area contributed by atoms with Gasteiger partial charge in [-0.05, 0) is 49.6 Å². The number of methoxy groups -OCH3 is 1. The van der Waals surface area contributed by atoms with Gasteiger partial charge in [0.25, 0.3) is 5.91 Å². The average molecular weight is 477 g/mol. The summed E-state index contributed by atoms with van der Waals surface area (Å²) in [5.41, 5.74) is 1.63. The van der Waals surface area contributed by atoms with Crippen LogP contribution in [0.3, 0.4) is 0 Å². The second-order valence-corrected chi connectivity index (χ2v) is 10.8. The number of benzene rings is 2. The number of rotatable bonds is 6. The molecule has 170 valence electrons. The third-order valence-corrected chi connectivity index (χ3v) is 8.76. The molecule has 1 saturated heterocycles. The molecule has 32 heavy (non-hydrogen) atoms. The summed E-state index contributed by atoms with van der Waals surface area (Å²) in [6, 6.07) is 9.48. The molecule has 0 spiro atoms. The second-order valence-electron chi connectivity index (χ2n) is 7.85. The molecule has 0 aliphatic carbocycles. The Morgan fingerprint density at radius 3 is 2.66 bits per heavy atom. The maximum Gasteiger partial charge on any atom is 0.266 e. The molecule has 2 aromatic carbocycles. The van der Waals surface area contributed by atoms with Gasteiger partial charge in [-0.1, -0.05) is 18.6 Å². The van der Waals surface area contributed by atoms with Crippen molar-refractivity contribution in [1.82, 2.24) is 4.31 Å². The van der Waals surface area contributed by atoms with Gasteiger partial charge in [0.1, 0.15) is 5.82 Å². The first-order valence-corrected chi connectivity index (χ1v) is 12.7. The van der Waals surface area contributed by atoms with E-state index in [9.17, 15) is 17.6 Å². The van der Waals surface area contributed by atoms with E-state index in [2.05, 4.69) is 5.32 Å². The zero-order chi connectivity index (χ0) is 22.9. The van der Waals surface area contributed by atoms with Crippen molar-refractivity contribution in [2.24, 2.45) is 0 Å². The summed E-state index contributed by atoms with van der Waals surface area (Å²) in [7, 11) is -2.14. The monoisotopic (exact) mass is 476 g/mol. The lowest BCUT2D eigenvalue weighted by Crippen LogP contribution is -2.35. The maximum atomic E-state index is 14.4. The van der Waals surface area contributed by atoms with Crippen LogP contribution in [0.1, 0.15) is 40.1 Å². The fourth-order valence-corrected chi connectivity index (χ4v) is 6.62. The van der Waals surface area contributed by atoms with Crippen molar-refractivity contribution in [2.75, 3.05) is 25.5 Å². The fourth-order valence-electron chi connectivity index (χ4n) is 3.96. The van der Waals surface area contributed by atoms with E-state index < -0.39 is 21.7 Å². The Bertz CT molecular complexity index is 1260. The molecule has 1 aliphatic heterocycles. The van der Waals surface area contributed by atoms with Gasteiger partial charge in [0.05, 0.1) is 16.4 Å². The molecule has 0 saturated carbocycles. The van der Waals surface area contributed by atoms with E-state index in [1.807, 2.05) is 0 Å². The number of sulfonamides is 1. The van der Waals surface area contributed by atoms with E-state index in [1.165, 1.54) is 34.9 Å². The van der Waals surface area contributed by atoms with Crippen LogP contribution in [0.4, 0.5) is 10.1 Å². The Morgan fingerprint density at radius 1 is 1.19 bits per heavy atom. The van der Waals surface area contributed by atoms with Crippen LogP contribution in [0, 0.1) is 12.7 Å². The Hall–Kier alpha value is -2.33. The zero-order valence-electron chi connectivity index (χ0n) is 18.0. The minimum Gasteiger partial charge on any atom is -0.380 e. The van der Waals surface area contributed by atoms with Crippen molar-refractivity contribution < 1.29 is 22.3 Å². The molecule has 0 bridgehead atoms. The largest absolute Gasteiger partial charge is 0.380 e. The molecule has 1 fully saturated rings. The van der Waals surface area contributed by atoms with Gasteiger partial charge in [-0.25, -0.2) is 12.8 Å². The van der Waals surface area contributed by atoms with Crippen molar-refractivity contribution in [3.63, 3.8) is 0 Å². The molecule has 9 heteroatoms. The normalized spacial score (nSPS) is 15.2. The molecular weight excluding hydrogens is 451 g/mol. The minimum atomic E-state index is -3.63. The van der Waals surface area contributed by atoms with Gasteiger partial charge in [-0.15, -0.1) is 11.3 Å². The third-order valence-electron chi connectivity index (χ3n) is 5.67. The Morgan fingerprint density at radius 2 is 1.94 bits per heavy atom. The van der Waals surface area contributed by atoms with E-state index in [4.69, 9.17) is 4.74 Å². The summed E-state index contributed by atoms with van der Waals surface area (Å²) in [4.78, 5) is 13.7. The lowest BCUT2D eigenvalue weighted by atomic mass is 10.1. The first-order valence-electron chi connectivity index (χ1n) is 10.4. The lowest BCUT2D eigenvalue weighted by molar-refractivity contribution is 0.102. The highest BCUT2D eigenvalue weighted by Crippen LogP contribution is 2.35. The predicted molar refractivity (Wildman–Crippen MR) is 124 cm³/mol. The summed E-state index contributed by atoms with van der Waals surface area (Å²) < 4.78 is 47.9. The molecule has 2 heterocycles. The molecule has 6 nitrogen and oxygen atoms in total. The van der Waals surface area contributed by atoms with Crippen molar-refractivity contribution in [3.05, 3.63) is 58.2 Å². The van der Waals surface area contributed by atoms with Crippen molar-refractivity contribution in [1.29, 1.82) is 0 Å². The van der Waals surface area contributed by atoms with E-state index >= 15 is 0 Å². The zero-order valence-corrected chi connectivity index (χ0v) is 19.6. The van der Waals surface area contributed by atoms with E-state index in [1.54, 1.807) is 31.2 Å². The van der Waals surface area contributed by atoms with E-state index in [-0.39, 0.29) is 11.5 Å². The van der Waals surface area contributed by atoms with Gasteiger partial charge < -0.3 is 10.1 Å². The van der Waals surface area contributed by atoms with Gasteiger partial charge in [-0.3, -0.25) is 4.79 Å². The fraction of sp³-hybridized carbons (Fsp3) is 0.348. The number of amides is 1. The van der Waals surface area contributed by atoms with Crippen LogP contribution < -0.4 is 5.32 Å². The number of piperidine rings is 1. The van der Waals surface area contributed by atoms with Crippen LogP contribution >= 0.6 is 11.3 Å². The number of aryl methyl sites for hydroxylation is 1. The molecule has 0 unspecified atom stereocenters. The van der Waals surface area contributed by atoms with Crippen molar-refractivity contribution in [2.45, 2.75) is 37.7 Å². The highest BCUT2D eigenvalue weighted by molar-refractivity contribution is 7.89. The van der Waals surface area contributed by atoms with Crippen molar-refractivity contribution >= 4 is 43.0 Å². The first-order chi connectivity index (χ1) is 15.3. The maximum absolute atomic E-state index is 14.4. The Kier molecular flexibility index (Phi) is 6.62. The average Bonchev–Trinajstić information content (AvgIpc) is 3.16. The number of carbonyl (C=O) groups is 1. The van der Waals surface area contributed by atoms with Crippen LogP contribution in [0.15, 0.2) is 41.3 Å². The lowest BCUT2D eigenvalue weighted by Gasteiger charge is -2.26. The van der Waals surface area contributed by atoms with Gasteiger partial charge in [0.2, 0.25) is 10.0 Å². The number of halogens is 1. The number of nitrogens with zero attached hydrogens (tertiary/aromatic N) is 1. The smallest absolute Gasteiger partial charge is 0.266 e. The molecule has 3 aromatic rings. The summed E-state index contributed by atoms with van der Waals surface area (Å²) in [5, 5.41) is 3.21. The Balaban J connectivity index is 1.68. The highest BCUT2D eigenvalue weighted by Gasteiger charge is 2.27. The molecule has 4 rings (SSSR count). The Labute approximate surface area is 191 Å². The van der Waals surface area contributed by atoms with Crippen molar-refractivity contribution in [3.8, 4) is 0 Å². The SMILES string of the molecule is COCc1c(C(=O)Nc2cc(S(=O)(=O)N3CCCCC3)ccc2C)sc2cccc(F)c12. The number of carbonyl (C=O) groups excluding carboxylic acids is 1. The molecule has 1 aromatic heterocycles. The van der Waals surface area contributed by atoms with E-state index in [0.29, 0.717) is 39.3 Å². The van der Waals surface area contributed by atoms with Crippen LogP contribution in [-0.4, -0.2) is 38.8 Å². The third kappa shape index (κ3) is 4.30. The van der Waals surface area contributed by atoms with Crippen LogP contribution in [0.5, 0.6) is 0 Å². The highest BCUT2D eigenvalue weighted by atomic mass is 32.2. The van der Waals surface area contributed by atoms with Crippen LogP contribution in [0.2, 0.25) is 0 Å². The van der Waals surface area contributed by atoms with Crippen LogP contribution in [0.25, 0.3) is 10.1 Å². The molecule has 1 amide bonds. The second kappa shape index (κ2) is 9.27. The molecular formula is C23H25FN2O4S2. The number of anilines is 1. The number of thiophene rings is 1. The number of hydrogen-bond acceptors (Lipinski definition) is 5.